The Bertz CT molecular complexity index is 155. The maximum Gasteiger partial charge on any atom is 0.306 e. The highest BCUT2D eigenvalue weighted by molar-refractivity contribution is 5.69. The molecule has 84 valence electrons. The molecule has 0 aliphatic heterocycles. The maximum absolute atomic E-state index is 11.2. The Morgan fingerprint density at radius 3 is 2.43 bits per heavy atom. The summed E-state index contributed by atoms with van der Waals surface area (Å²) in [7, 11) is 0. The normalized spacial score (nSPS) is 12.9. The highest BCUT2D eigenvalue weighted by atomic mass is 16.6. The smallest absolute Gasteiger partial charge is 0.306 e. The van der Waals surface area contributed by atoms with Gasteiger partial charge in [-0.05, 0) is 27.2 Å². The van der Waals surface area contributed by atoms with Crippen molar-refractivity contribution < 1.29 is 14.3 Å². The van der Waals surface area contributed by atoms with Crippen LogP contribution in [0.3, 0.4) is 0 Å². The van der Waals surface area contributed by atoms with Gasteiger partial charge in [0.05, 0.1) is 12.7 Å². The Balaban J connectivity index is 3.50. The molecule has 0 heterocycles. The predicted octanol–water partition coefficient (Wildman–Crippen LogP) is 2.53. The van der Waals surface area contributed by atoms with E-state index in [9.17, 15) is 4.79 Å². The average Bonchev–Trinajstić information content (AvgIpc) is 2.11. The molecule has 0 aliphatic carbocycles. The Hall–Kier alpha value is -0.570. The van der Waals surface area contributed by atoms with E-state index >= 15 is 0 Å². The quantitative estimate of drug-likeness (QED) is 0.595. The number of hydrogen-bond donors (Lipinski definition) is 0. The topological polar surface area (TPSA) is 35.5 Å². The van der Waals surface area contributed by atoms with Gasteiger partial charge in [0.1, 0.15) is 6.10 Å². The van der Waals surface area contributed by atoms with Gasteiger partial charge in [-0.3, -0.25) is 4.79 Å². The molecule has 0 radical (unpaired) electrons. The zero-order valence-corrected chi connectivity index (χ0v) is 9.71. The summed E-state index contributed by atoms with van der Waals surface area (Å²) >= 11 is 0. The maximum atomic E-state index is 11.2. The Morgan fingerprint density at radius 1 is 1.29 bits per heavy atom. The zero-order valence-electron chi connectivity index (χ0n) is 9.71. The molecule has 0 amide bonds. The summed E-state index contributed by atoms with van der Waals surface area (Å²) in [4.78, 5) is 11.2. The van der Waals surface area contributed by atoms with Crippen LogP contribution in [0.4, 0.5) is 0 Å². The van der Waals surface area contributed by atoms with Crippen molar-refractivity contribution >= 4 is 5.97 Å². The van der Waals surface area contributed by atoms with Crippen LogP contribution in [-0.2, 0) is 14.3 Å². The van der Waals surface area contributed by atoms with E-state index < -0.39 is 0 Å². The number of rotatable bonds is 7. The highest BCUT2D eigenvalue weighted by Gasteiger charge is 2.09. The molecule has 0 saturated heterocycles. The van der Waals surface area contributed by atoms with Gasteiger partial charge >= 0.3 is 5.97 Å². The second-order valence-electron chi connectivity index (χ2n) is 3.79. The van der Waals surface area contributed by atoms with Crippen LogP contribution >= 0.6 is 0 Å². The van der Waals surface area contributed by atoms with Crippen molar-refractivity contribution in [3.8, 4) is 0 Å². The molecule has 14 heavy (non-hydrogen) atoms. The first kappa shape index (κ1) is 13.4. The fraction of sp³-hybridized carbons (Fsp3) is 0.909. The van der Waals surface area contributed by atoms with E-state index in [1.165, 1.54) is 0 Å². The van der Waals surface area contributed by atoms with E-state index in [0.29, 0.717) is 13.0 Å². The molecular weight excluding hydrogens is 180 g/mol. The van der Waals surface area contributed by atoms with Crippen molar-refractivity contribution in [3.05, 3.63) is 0 Å². The molecule has 3 heteroatoms. The lowest BCUT2D eigenvalue weighted by Crippen LogP contribution is -2.22. The van der Waals surface area contributed by atoms with Crippen molar-refractivity contribution in [1.82, 2.24) is 0 Å². The molecule has 0 aromatic heterocycles. The zero-order chi connectivity index (χ0) is 11.0. The van der Waals surface area contributed by atoms with Crippen LogP contribution in [-0.4, -0.2) is 24.8 Å². The predicted molar refractivity (Wildman–Crippen MR) is 56.2 cm³/mol. The van der Waals surface area contributed by atoms with Crippen LogP contribution in [0.2, 0.25) is 0 Å². The average molecular weight is 202 g/mol. The van der Waals surface area contributed by atoms with Crippen LogP contribution < -0.4 is 0 Å². The van der Waals surface area contributed by atoms with Gasteiger partial charge in [0.25, 0.3) is 0 Å². The van der Waals surface area contributed by atoms with Crippen LogP contribution in [0.5, 0.6) is 0 Å². The SMILES string of the molecule is CCCCC(=O)OC(C)COC(C)C. The summed E-state index contributed by atoms with van der Waals surface area (Å²) in [5.41, 5.74) is 0. The van der Waals surface area contributed by atoms with E-state index in [2.05, 4.69) is 6.92 Å². The van der Waals surface area contributed by atoms with Crippen molar-refractivity contribution in [3.63, 3.8) is 0 Å². The number of esters is 1. The number of unbranched alkanes of at least 4 members (excludes halogenated alkanes) is 1. The van der Waals surface area contributed by atoms with Gasteiger partial charge in [-0.15, -0.1) is 0 Å². The van der Waals surface area contributed by atoms with Gasteiger partial charge in [0.15, 0.2) is 0 Å². The molecule has 0 bridgehead atoms. The first-order valence-electron chi connectivity index (χ1n) is 5.37. The summed E-state index contributed by atoms with van der Waals surface area (Å²) in [5.74, 6) is -0.119. The van der Waals surface area contributed by atoms with E-state index in [1.54, 1.807) is 0 Å². The van der Waals surface area contributed by atoms with Crippen LogP contribution in [0, 0.1) is 0 Å². The summed E-state index contributed by atoms with van der Waals surface area (Å²) in [6.45, 7) is 8.32. The third-order valence-corrected chi connectivity index (χ3v) is 1.73. The van der Waals surface area contributed by atoms with E-state index in [0.717, 1.165) is 12.8 Å². The molecule has 0 N–H and O–H groups in total. The second kappa shape index (κ2) is 7.80. The second-order valence-corrected chi connectivity index (χ2v) is 3.79. The van der Waals surface area contributed by atoms with Gasteiger partial charge < -0.3 is 9.47 Å². The number of carbonyl (C=O) groups excluding carboxylic acids is 1. The largest absolute Gasteiger partial charge is 0.460 e. The first-order chi connectivity index (χ1) is 6.56. The highest BCUT2D eigenvalue weighted by Crippen LogP contribution is 2.01. The van der Waals surface area contributed by atoms with Crippen molar-refractivity contribution in [2.45, 2.75) is 59.2 Å². The summed E-state index contributed by atoms with van der Waals surface area (Å²) in [6.07, 6.45) is 2.49. The lowest BCUT2D eigenvalue weighted by atomic mass is 10.2. The summed E-state index contributed by atoms with van der Waals surface area (Å²) < 4.78 is 10.5. The number of ether oxygens (including phenoxy) is 2. The summed E-state index contributed by atoms with van der Waals surface area (Å²) in [5, 5.41) is 0. The van der Waals surface area contributed by atoms with Crippen LogP contribution in [0.1, 0.15) is 47.0 Å². The Labute approximate surface area is 86.8 Å². The third kappa shape index (κ3) is 8.05. The fourth-order valence-corrected chi connectivity index (χ4v) is 0.966. The minimum atomic E-state index is -0.137. The minimum absolute atomic E-state index is 0.119. The molecule has 1 unspecified atom stereocenters. The molecule has 0 aromatic rings. The molecule has 0 fully saturated rings. The van der Waals surface area contributed by atoms with Gasteiger partial charge in [-0.1, -0.05) is 13.3 Å². The molecule has 0 aromatic carbocycles. The van der Waals surface area contributed by atoms with Crippen LogP contribution in [0.15, 0.2) is 0 Å². The van der Waals surface area contributed by atoms with E-state index in [4.69, 9.17) is 9.47 Å². The van der Waals surface area contributed by atoms with Gasteiger partial charge in [-0.2, -0.15) is 0 Å². The monoisotopic (exact) mass is 202 g/mol. The summed E-state index contributed by atoms with van der Waals surface area (Å²) in [6, 6.07) is 0. The molecule has 0 saturated carbocycles. The Morgan fingerprint density at radius 2 is 1.93 bits per heavy atom. The van der Waals surface area contributed by atoms with Gasteiger partial charge in [0.2, 0.25) is 0 Å². The fourth-order valence-electron chi connectivity index (χ4n) is 0.966. The lowest BCUT2D eigenvalue weighted by molar-refractivity contribution is -0.151. The van der Waals surface area contributed by atoms with Crippen molar-refractivity contribution in [1.29, 1.82) is 0 Å². The van der Waals surface area contributed by atoms with Crippen LogP contribution in [0.25, 0.3) is 0 Å². The molecule has 0 aliphatic rings. The molecule has 1 atom stereocenters. The lowest BCUT2D eigenvalue weighted by Gasteiger charge is -2.15. The third-order valence-electron chi connectivity index (χ3n) is 1.73. The molecule has 3 nitrogen and oxygen atoms in total. The van der Waals surface area contributed by atoms with E-state index in [-0.39, 0.29) is 18.2 Å². The minimum Gasteiger partial charge on any atom is -0.460 e. The van der Waals surface area contributed by atoms with Crippen molar-refractivity contribution in [2.24, 2.45) is 0 Å². The van der Waals surface area contributed by atoms with E-state index in [1.807, 2.05) is 20.8 Å². The number of carbonyl (C=O) groups is 1. The van der Waals surface area contributed by atoms with Gasteiger partial charge in [0, 0.05) is 6.42 Å². The molecule has 0 rings (SSSR count). The standard InChI is InChI=1S/C11H22O3/c1-5-6-7-11(12)14-10(4)8-13-9(2)3/h9-10H,5-8H2,1-4H3. The Kier molecular flexibility index (Phi) is 7.48. The molecule has 0 spiro atoms. The van der Waals surface area contributed by atoms with Gasteiger partial charge in [-0.25, -0.2) is 0 Å². The number of hydrogen-bond acceptors (Lipinski definition) is 3. The molecular formula is C11H22O3. The first-order valence-corrected chi connectivity index (χ1v) is 5.37. The van der Waals surface area contributed by atoms with Crippen molar-refractivity contribution in [2.75, 3.05) is 6.61 Å².